The largest absolute Gasteiger partial charge is 0.311 e. The molecule has 0 aromatic carbocycles. The van der Waals surface area contributed by atoms with E-state index in [4.69, 9.17) is 0 Å². The van der Waals surface area contributed by atoms with Crippen LogP contribution in [-0.4, -0.2) is 18.4 Å². The van der Waals surface area contributed by atoms with E-state index in [2.05, 4.69) is 19.2 Å². The first-order valence-electron chi connectivity index (χ1n) is 3.83. The molecule has 1 N–H and O–H groups in total. The Bertz CT molecular complexity index is 131. The zero-order chi connectivity index (χ0) is 7.61. The van der Waals surface area contributed by atoms with E-state index < -0.39 is 0 Å². The second-order valence-electron chi connectivity index (χ2n) is 3.74. The summed E-state index contributed by atoms with van der Waals surface area (Å²) in [7, 11) is 0. The van der Waals surface area contributed by atoms with Gasteiger partial charge in [-0.25, -0.2) is 0 Å². The molecule has 0 aliphatic carbocycles. The molecule has 1 fully saturated rings. The molecule has 0 amide bonds. The minimum Gasteiger partial charge on any atom is -0.311 e. The van der Waals surface area contributed by atoms with Gasteiger partial charge in [0.2, 0.25) is 0 Å². The highest BCUT2D eigenvalue weighted by molar-refractivity contribution is 5.49. The van der Waals surface area contributed by atoms with E-state index in [1.165, 1.54) is 0 Å². The molecule has 58 valence electrons. The lowest BCUT2D eigenvalue weighted by molar-refractivity contribution is -0.108. The first-order chi connectivity index (χ1) is 4.64. The summed E-state index contributed by atoms with van der Waals surface area (Å²) in [4.78, 5) is 10.1. The quantitative estimate of drug-likeness (QED) is 0.580. The van der Waals surface area contributed by atoms with Gasteiger partial charge in [0.05, 0.1) is 0 Å². The molecule has 0 spiro atoms. The van der Waals surface area contributed by atoms with E-state index in [1.807, 2.05) is 0 Å². The van der Waals surface area contributed by atoms with Gasteiger partial charge in [0.15, 0.2) is 0 Å². The van der Waals surface area contributed by atoms with Crippen molar-refractivity contribution in [3.63, 3.8) is 0 Å². The van der Waals surface area contributed by atoms with Crippen LogP contribution >= 0.6 is 0 Å². The summed E-state index contributed by atoms with van der Waals surface area (Å²) in [6.07, 6.45) is 2.87. The lowest BCUT2D eigenvalue weighted by Gasteiger charge is -2.16. The van der Waals surface area contributed by atoms with Crippen molar-refractivity contribution in [2.24, 2.45) is 5.92 Å². The van der Waals surface area contributed by atoms with Gasteiger partial charge < -0.3 is 10.1 Å². The summed E-state index contributed by atoms with van der Waals surface area (Å²) in [6.45, 7) is 5.36. The van der Waals surface area contributed by atoms with E-state index >= 15 is 0 Å². The number of rotatable bonds is 2. The average molecular weight is 141 g/mol. The predicted octanol–water partition coefficient (Wildman–Crippen LogP) is 0.964. The van der Waals surface area contributed by atoms with Gasteiger partial charge in [0, 0.05) is 12.0 Å². The van der Waals surface area contributed by atoms with Crippen molar-refractivity contribution in [3.8, 4) is 0 Å². The summed E-state index contributed by atoms with van der Waals surface area (Å²) < 4.78 is 0. The van der Waals surface area contributed by atoms with Crippen molar-refractivity contribution < 1.29 is 4.79 Å². The third-order valence-electron chi connectivity index (χ3n) is 2.10. The van der Waals surface area contributed by atoms with E-state index in [0.29, 0.717) is 5.92 Å². The van der Waals surface area contributed by atoms with Gasteiger partial charge in [0.1, 0.15) is 6.29 Å². The molecular formula is C8H15NO. The van der Waals surface area contributed by atoms with Crippen molar-refractivity contribution in [1.29, 1.82) is 0 Å². The fourth-order valence-electron chi connectivity index (χ4n) is 1.59. The molecular weight excluding hydrogens is 126 g/mol. The molecule has 1 atom stereocenters. The van der Waals surface area contributed by atoms with Gasteiger partial charge >= 0.3 is 0 Å². The molecule has 2 nitrogen and oxygen atoms in total. The molecule has 1 rings (SSSR count). The fraction of sp³-hybridized carbons (Fsp3) is 0.875. The molecule has 0 unspecified atom stereocenters. The van der Waals surface area contributed by atoms with Crippen molar-refractivity contribution in [2.75, 3.05) is 6.54 Å². The highest BCUT2D eigenvalue weighted by atomic mass is 16.1. The maximum atomic E-state index is 10.1. The monoisotopic (exact) mass is 141 g/mol. The lowest BCUT2D eigenvalue weighted by atomic mass is 9.95. The molecule has 1 saturated heterocycles. The Morgan fingerprint density at radius 2 is 2.40 bits per heavy atom. The molecule has 1 heterocycles. The predicted molar refractivity (Wildman–Crippen MR) is 40.9 cm³/mol. The van der Waals surface area contributed by atoms with Crippen LogP contribution in [0.2, 0.25) is 0 Å². The first-order valence-corrected chi connectivity index (χ1v) is 3.83. The smallest absolute Gasteiger partial charge is 0.120 e. The number of aldehydes is 1. The summed E-state index contributed by atoms with van der Waals surface area (Å²) in [5, 5.41) is 3.37. The van der Waals surface area contributed by atoms with Gasteiger partial charge in [0.25, 0.3) is 0 Å². The summed E-state index contributed by atoms with van der Waals surface area (Å²) in [5.74, 6) is 0.576. The number of hydrogen-bond donors (Lipinski definition) is 1. The first kappa shape index (κ1) is 7.73. The summed E-state index contributed by atoms with van der Waals surface area (Å²) in [5.41, 5.74) is 0.258. The minimum atomic E-state index is 0.258. The Morgan fingerprint density at radius 3 is 2.80 bits per heavy atom. The van der Waals surface area contributed by atoms with Crippen LogP contribution in [0, 0.1) is 5.92 Å². The van der Waals surface area contributed by atoms with Gasteiger partial charge in [-0.05, 0) is 32.7 Å². The van der Waals surface area contributed by atoms with E-state index in [0.717, 1.165) is 25.7 Å². The van der Waals surface area contributed by atoms with E-state index in [1.54, 1.807) is 0 Å². The average Bonchev–Trinajstić information content (AvgIpc) is 2.12. The molecule has 10 heavy (non-hydrogen) atoms. The fourth-order valence-corrected chi connectivity index (χ4v) is 1.59. The maximum absolute atomic E-state index is 10.1. The van der Waals surface area contributed by atoms with Crippen LogP contribution in [-0.2, 0) is 4.79 Å². The second kappa shape index (κ2) is 2.70. The Hall–Kier alpha value is -0.370. The Morgan fingerprint density at radius 1 is 1.70 bits per heavy atom. The Balaban J connectivity index is 2.35. The zero-order valence-corrected chi connectivity index (χ0v) is 6.68. The number of carbonyl (C=O) groups is 1. The highest BCUT2D eigenvalue weighted by Gasteiger charge is 2.29. The molecule has 1 aliphatic heterocycles. The molecule has 0 saturated carbocycles. The van der Waals surface area contributed by atoms with Crippen LogP contribution in [0.5, 0.6) is 0 Å². The van der Waals surface area contributed by atoms with Crippen LogP contribution in [0.3, 0.4) is 0 Å². The molecule has 1 aliphatic rings. The van der Waals surface area contributed by atoms with Gasteiger partial charge in [-0.15, -0.1) is 0 Å². The van der Waals surface area contributed by atoms with E-state index in [-0.39, 0.29) is 5.54 Å². The van der Waals surface area contributed by atoms with E-state index in [9.17, 15) is 4.79 Å². The van der Waals surface area contributed by atoms with Gasteiger partial charge in [-0.2, -0.15) is 0 Å². The molecule has 2 heteroatoms. The minimum absolute atomic E-state index is 0.258. The van der Waals surface area contributed by atoms with Gasteiger partial charge in [-0.1, -0.05) is 0 Å². The third kappa shape index (κ3) is 1.81. The van der Waals surface area contributed by atoms with Gasteiger partial charge in [-0.3, -0.25) is 0 Å². The van der Waals surface area contributed by atoms with Crippen LogP contribution in [0.1, 0.15) is 26.7 Å². The SMILES string of the molecule is CC1(C)C[C@@H](CC=O)CN1. The zero-order valence-electron chi connectivity index (χ0n) is 6.68. The Kier molecular flexibility index (Phi) is 2.09. The second-order valence-corrected chi connectivity index (χ2v) is 3.74. The number of nitrogens with one attached hydrogen (secondary N) is 1. The van der Waals surface area contributed by atoms with Crippen LogP contribution in [0.15, 0.2) is 0 Å². The topological polar surface area (TPSA) is 29.1 Å². The summed E-state index contributed by atoms with van der Waals surface area (Å²) >= 11 is 0. The van der Waals surface area contributed by atoms with Crippen molar-refractivity contribution in [3.05, 3.63) is 0 Å². The van der Waals surface area contributed by atoms with Crippen molar-refractivity contribution in [2.45, 2.75) is 32.2 Å². The Labute approximate surface area is 62.0 Å². The normalized spacial score (nSPS) is 30.4. The van der Waals surface area contributed by atoms with Crippen molar-refractivity contribution in [1.82, 2.24) is 5.32 Å². The number of carbonyl (C=O) groups excluding carboxylic acids is 1. The standard InChI is InChI=1S/C8H15NO/c1-8(2)5-7(3-4-10)6-9-8/h4,7,9H,3,5-6H2,1-2H3/t7-/m1/s1. The molecule has 0 bridgehead atoms. The molecule has 0 radical (unpaired) electrons. The third-order valence-corrected chi connectivity index (χ3v) is 2.10. The van der Waals surface area contributed by atoms with Crippen LogP contribution in [0.25, 0.3) is 0 Å². The highest BCUT2D eigenvalue weighted by Crippen LogP contribution is 2.24. The van der Waals surface area contributed by atoms with Crippen molar-refractivity contribution >= 4 is 6.29 Å². The van der Waals surface area contributed by atoms with Crippen LogP contribution < -0.4 is 5.32 Å². The number of hydrogen-bond acceptors (Lipinski definition) is 2. The molecule has 0 aromatic heterocycles. The summed E-state index contributed by atoms with van der Waals surface area (Å²) in [6, 6.07) is 0. The van der Waals surface area contributed by atoms with Crippen LogP contribution in [0.4, 0.5) is 0 Å². The maximum Gasteiger partial charge on any atom is 0.120 e. The molecule has 0 aromatic rings. The lowest BCUT2D eigenvalue weighted by Crippen LogP contribution is -2.31.